The van der Waals surface area contributed by atoms with Crippen LogP contribution in [0.4, 0.5) is 16.2 Å². The Morgan fingerprint density at radius 2 is 1.70 bits per heavy atom. The van der Waals surface area contributed by atoms with Crippen molar-refractivity contribution in [2.75, 3.05) is 10.6 Å². The predicted octanol–water partition coefficient (Wildman–Crippen LogP) is 5.12. The van der Waals surface area contributed by atoms with E-state index >= 15 is 0 Å². The number of aryl methyl sites for hydroxylation is 4. The van der Waals surface area contributed by atoms with Gasteiger partial charge in [0.05, 0.1) is 23.6 Å². The summed E-state index contributed by atoms with van der Waals surface area (Å²) in [5.74, 6) is 0. The fraction of sp³-hybridized carbons (Fsp3) is 0.273. The highest BCUT2D eigenvalue weighted by Crippen LogP contribution is 2.22. The molecule has 27 heavy (non-hydrogen) atoms. The number of aromatic nitrogens is 2. The molecule has 3 aromatic rings. The van der Waals surface area contributed by atoms with Gasteiger partial charge < -0.3 is 10.6 Å². The molecule has 3 rings (SSSR count). The average molecular weight is 362 g/mol. The number of anilines is 2. The van der Waals surface area contributed by atoms with E-state index in [2.05, 4.69) is 34.8 Å². The number of rotatable bonds is 4. The zero-order valence-electron chi connectivity index (χ0n) is 16.6. The predicted molar refractivity (Wildman–Crippen MR) is 111 cm³/mol. The van der Waals surface area contributed by atoms with Crippen molar-refractivity contribution < 1.29 is 4.79 Å². The summed E-state index contributed by atoms with van der Waals surface area (Å²) in [5.41, 5.74) is 7.95. The van der Waals surface area contributed by atoms with E-state index in [0.717, 1.165) is 28.3 Å². The first-order valence-corrected chi connectivity index (χ1v) is 9.09. The molecule has 0 radical (unpaired) electrons. The Hall–Kier alpha value is -3.08. The number of amides is 2. The number of nitrogens with one attached hydrogen (secondary N) is 2. The van der Waals surface area contributed by atoms with Crippen molar-refractivity contribution in [1.82, 2.24) is 9.78 Å². The zero-order valence-corrected chi connectivity index (χ0v) is 16.6. The number of nitrogens with zero attached hydrogens (tertiary/aromatic N) is 2. The highest BCUT2D eigenvalue weighted by atomic mass is 16.2. The number of hydrogen-bond donors (Lipinski definition) is 2. The van der Waals surface area contributed by atoms with Gasteiger partial charge in [-0.05, 0) is 57.4 Å². The molecule has 140 valence electrons. The van der Waals surface area contributed by atoms with Gasteiger partial charge in [0, 0.05) is 5.69 Å². The van der Waals surface area contributed by atoms with E-state index in [1.54, 1.807) is 0 Å². The molecule has 5 heteroatoms. The first-order valence-electron chi connectivity index (χ1n) is 9.09. The van der Waals surface area contributed by atoms with Gasteiger partial charge in [0.15, 0.2) is 0 Å². The third kappa shape index (κ3) is 4.19. The molecule has 2 amide bonds. The summed E-state index contributed by atoms with van der Waals surface area (Å²) < 4.78 is 1.93. The van der Waals surface area contributed by atoms with Crippen LogP contribution >= 0.6 is 0 Å². The molecular formula is C22H26N4O. The Morgan fingerprint density at radius 3 is 2.41 bits per heavy atom. The summed E-state index contributed by atoms with van der Waals surface area (Å²) in [5, 5.41) is 10.5. The molecule has 0 saturated carbocycles. The first-order chi connectivity index (χ1) is 12.8. The molecule has 0 spiro atoms. The van der Waals surface area contributed by atoms with Gasteiger partial charge in [-0.2, -0.15) is 5.10 Å². The Kier molecular flexibility index (Phi) is 5.31. The lowest BCUT2D eigenvalue weighted by molar-refractivity contribution is 0.262. The maximum absolute atomic E-state index is 12.5. The molecule has 2 N–H and O–H groups in total. The van der Waals surface area contributed by atoms with E-state index in [1.165, 1.54) is 16.7 Å². The van der Waals surface area contributed by atoms with Gasteiger partial charge in [-0.1, -0.05) is 42.0 Å². The molecular weight excluding hydrogens is 336 g/mol. The smallest absolute Gasteiger partial charge is 0.307 e. The zero-order chi connectivity index (χ0) is 19.6. The van der Waals surface area contributed by atoms with Crippen LogP contribution < -0.4 is 10.6 Å². The van der Waals surface area contributed by atoms with E-state index in [4.69, 9.17) is 0 Å². The highest BCUT2D eigenvalue weighted by Gasteiger charge is 2.15. The normalized spacial score (nSPS) is 10.7. The molecule has 0 aliphatic carbocycles. The molecule has 0 aliphatic heterocycles. The fourth-order valence-electron chi connectivity index (χ4n) is 3.20. The number of urea groups is 1. The van der Waals surface area contributed by atoms with Crippen LogP contribution in [0, 0.1) is 34.6 Å². The summed E-state index contributed by atoms with van der Waals surface area (Å²) in [7, 11) is 0. The number of benzene rings is 2. The number of carbonyl (C=O) groups excluding carboxylic acids is 1. The van der Waals surface area contributed by atoms with E-state index in [-0.39, 0.29) is 6.03 Å². The second-order valence-corrected chi connectivity index (χ2v) is 7.03. The quantitative estimate of drug-likeness (QED) is 0.677. The minimum atomic E-state index is -0.261. The van der Waals surface area contributed by atoms with Crippen LogP contribution in [0.2, 0.25) is 0 Å². The summed E-state index contributed by atoms with van der Waals surface area (Å²) in [4.78, 5) is 12.5. The van der Waals surface area contributed by atoms with Gasteiger partial charge in [0.1, 0.15) is 0 Å². The lowest BCUT2D eigenvalue weighted by Crippen LogP contribution is -2.20. The van der Waals surface area contributed by atoms with Crippen LogP contribution in [0.15, 0.2) is 42.5 Å². The van der Waals surface area contributed by atoms with Crippen LogP contribution in [0.3, 0.4) is 0 Å². The second kappa shape index (κ2) is 7.66. The van der Waals surface area contributed by atoms with Crippen molar-refractivity contribution in [3.63, 3.8) is 0 Å². The molecule has 1 aromatic heterocycles. The fourth-order valence-corrected chi connectivity index (χ4v) is 3.20. The molecule has 0 fully saturated rings. The lowest BCUT2D eigenvalue weighted by Gasteiger charge is -2.11. The number of hydrogen-bond acceptors (Lipinski definition) is 2. The summed E-state index contributed by atoms with van der Waals surface area (Å²) >= 11 is 0. The van der Waals surface area contributed by atoms with Gasteiger partial charge in [-0.3, -0.25) is 4.68 Å². The molecule has 2 aromatic carbocycles. The summed E-state index contributed by atoms with van der Waals surface area (Å²) in [6, 6.07) is 14.0. The molecule has 1 heterocycles. The van der Waals surface area contributed by atoms with E-state index < -0.39 is 0 Å². The van der Waals surface area contributed by atoms with Crippen LogP contribution in [-0.4, -0.2) is 15.8 Å². The van der Waals surface area contributed by atoms with E-state index in [1.807, 2.05) is 62.7 Å². The lowest BCUT2D eigenvalue weighted by atomic mass is 10.1. The molecule has 0 bridgehead atoms. The molecule has 0 atom stereocenters. The standard InChI is InChI=1S/C22H26N4O/c1-14-10-11-20(16(3)12-14)23-22(27)24-21-17(4)25-26(18(21)5)13-19-9-7-6-8-15(19)2/h6-12H,13H2,1-5H3,(H2,23,24,27). The average Bonchev–Trinajstić information content (AvgIpc) is 2.87. The summed E-state index contributed by atoms with van der Waals surface area (Å²) in [6.45, 7) is 10.7. The van der Waals surface area contributed by atoms with Gasteiger partial charge in [-0.15, -0.1) is 0 Å². The monoisotopic (exact) mass is 362 g/mol. The maximum Gasteiger partial charge on any atom is 0.323 e. The van der Waals surface area contributed by atoms with Crippen molar-refractivity contribution in [3.8, 4) is 0 Å². The van der Waals surface area contributed by atoms with Crippen LogP contribution in [0.25, 0.3) is 0 Å². The van der Waals surface area contributed by atoms with Gasteiger partial charge in [0.25, 0.3) is 0 Å². The highest BCUT2D eigenvalue weighted by molar-refractivity contribution is 6.00. The maximum atomic E-state index is 12.5. The van der Waals surface area contributed by atoms with Crippen molar-refractivity contribution in [3.05, 3.63) is 76.1 Å². The van der Waals surface area contributed by atoms with Gasteiger partial charge in [-0.25, -0.2) is 4.79 Å². The Morgan fingerprint density at radius 1 is 0.963 bits per heavy atom. The third-order valence-corrected chi connectivity index (χ3v) is 4.83. The second-order valence-electron chi connectivity index (χ2n) is 7.03. The minimum absolute atomic E-state index is 0.261. The van der Waals surface area contributed by atoms with E-state index in [9.17, 15) is 4.79 Å². The van der Waals surface area contributed by atoms with Crippen LogP contribution in [0.5, 0.6) is 0 Å². The SMILES string of the molecule is Cc1ccc(NC(=O)Nc2c(C)nn(Cc3ccccc3C)c2C)c(C)c1. The number of carbonyl (C=O) groups is 1. The Balaban J connectivity index is 1.76. The molecule has 0 unspecified atom stereocenters. The first kappa shape index (κ1) is 18.7. The van der Waals surface area contributed by atoms with Gasteiger partial charge >= 0.3 is 6.03 Å². The molecule has 0 aliphatic rings. The molecule has 5 nitrogen and oxygen atoms in total. The molecule has 0 saturated heterocycles. The largest absolute Gasteiger partial charge is 0.323 e. The Labute approximate surface area is 160 Å². The topological polar surface area (TPSA) is 59.0 Å². The Bertz CT molecular complexity index is 988. The van der Waals surface area contributed by atoms with Crippen LogP contribution in [0.1, 0.15) is 33.6 Å². The van der Waals surface area contributed by atoms with Gasteiger partial charge in [0.2, 0.25) is 0 Å². The van der Waals surface area contributed by atoms with Crippen molar-refractivity contribution >= 4 is 17.4 Å². The summed E-state index contributed by atoms with van der Waals surface area (Å²) in [6.07, 6.45) is 0. The van der Waals surface area contributed by atoms with E-state index in [0.29, 0.717) is 6.54 Å². The van der Waals surface area contributed by atoms with Crippen molar-refractivity contribution in [2.45, 2.75) is 41.2 Å². The van der Waals surface area contributed by atoms with Crippen LogP contribution in [-0.2, 0) is 6.54 Å². The minimum Gasteiger partial charge on any atom is -0.307 e. The third-order valence-electron chi connectivity index (χ3n) is 4.83. The van der Waals surface area contributed by atoms with Crippen molar-refractivity contribution in [2.24, 2.45) is 0 Å². The van der Waals surface area contributed by atoms with Crippen molar-refractivity contribution in [1.29, 1.82) is 0 Å².